The summed E-state index contributed by atoms with van der Waals surface area (Å²) >= 11 is 6.01. The van der Waals surface area contributed by atoms with Gasteiger partial charge in [-0.25, -0.2) is 4.98 Å². The Kier molecular flexibility index (Phi) is 4.75. The summed E-state index contributed by atoms with van der Waals surface area (Å²) in [6, 6.07) is 15.3. The number of anilines is 3. The quantitative estimate of drug-likeness (QED) is 0.677. The van der Waals surface area contributed by atoms with Gasteiger partial charge < -0.3 is 20.1 Å². The largest absolute Gasteiger partial charge is 0.454 e. The normalized spacial score (nSPS) is 12.0. The van der Waals surface area contributed by atoms with Gasteiger partial charge in [-0.1, -0.05) is 23.7 Å². The molecule has 26 heavy (non-hydrogen) atoms. The lowest BCUT2D eigenvalue weighted by atomic mass is 10.1. The summed E-state index contributed by atoms with van der Waals surface area (Å²) in [4.78, 5) is 8.73. The lowest BCUT2D eigenvalue weighted by molar-refractivity contribution is 0.174. The Morgan fingerprint density at radius 2 is 1.96 bits per heavy atom. The Bertz CT molecular complexity index is 920. The number of nitrogens with zero attached hydrogens (tertiary/aromatic N) is 2. The average molecular weight is 369 g/mol. The van der Waals surface area contributed by atoms with Gasteiger partial charge in [0.1, 0.15) is 5.82 Å². The van der Waals surface area contributed by atoms with Gasteiger partial charge in [0, 0.05) is 29.5 Å². The van der Waals surface area contributed by atoms with E-state index in [-0.39, 0.29) is 6.79 Å². The van der Waals surface area contributed by atoms with Gasteiger partial charge >= 0.3 is 0 Å². The van der Waals surface area contributed by atoms with E-state index >= 15 is 0 Å². The molecule has 2 N–H and O–H groups in total. The van der Waals surface area contributed by atoms with Gasteiger partial charge in [-0.05, 0) is 42.3 Å². The SMILES string of the molecule is Clc1cccc(CCNc2ccnc(Nc3ccc4c(c3)OCO4)n2)c1. The number of hydrogen-bond donors (Lipinski definition) is 2. The fourth-order valence-corrected chi connectivity index (χ4v) is 2.86. The maximum Gasteiger partial charge on any atom is 0.231 e. The number of aromatic nitrogens is 2. The summed E-state index contributed by atoms with van der Waals surface area (Å²) in [5.41, 5.74) is 2.02. The predicted molar refractivity (Wildman–Crippen MR) is 102 cm³/mol. The van der Waals surface area contributed by atoms with Crippen LogP contribution in [0, 0.1) is 0 Å². The molecule has 1 aliphatic heterocycles. The molecule has 3 aromatic rings. The molecule has 0 aliphatic carbocycles. The lowest BCUT2D eigenvalue weighted by Gasteiger charge is -2.09. The van der Waals surface area contributed by atoms with Gasteiger partial charge in [0.05, 0.1) is 0 Å². The Labute approximate surface area is 156 Å². The van der Waals surface area contributed by atoms with Gasteiger partial charge in [-0.3, -0.25) is 0 Å². The molecule has 0 saturated heterocycles. The van der Waals surface area contributed by atoms with Gasteiger partial charge in [0.2, 0.25) is 12.7 Å². The Morgan fingerprint density at radius 3 is 2.88 bits per heavy atom. The predicted octanol–water partition coefficient (Wildman–Crippen LogP) is 4.26. The second-order valence-corrected chi connectivity index (χ2v) is 6.20. The summed E-state index contributed by atoms with van der Waals surface area (Å²) < 4.78 is 10.7. The standard InChI is InChI=1S/C19H17ClN4O2/c20-14-3-1-2-13(10-14)6-8-21-18-7-9-22-19(24-18)23-15-4-5-16-17(11-15)26-12-25-16/h1-5,7,9-11H,6,8,12H2,(H2,21,22,23,24). The maximum atomic E-state index is 6.01. The highest BCUT2D eigenvalue weighted by atomic mass is 35.5. The van der Waals surface area contributed by atoms with Crippen molar-refractivity contribution in [2.45, 2.75) is 6.42 Å². The third kappa shape index (κ3) is 3.97. The first-order valence-corrected chi connectivity index (χ1v) is 8.62. The number of rotatable bonds is 6. The van der Waals surface area contributed by atoms with Crippen LogP contribution in [0.2, 0.25) is 5.02 Å². The highest BCUT2D eigenvalue weighted by Crippen LogP contribution is 2.34. The van der Waals surface area contributed by atoms with Crippen LogP contribution in [0.1, 0.15) is 5.56 Å². The van der Waals surface area contributed by atoms with E-state index in [1.165, 1.54) is 5.56 Å². The smallest absolute Gasteiger partial charge is 0.231 e. The summed E-state index contributed by atoms with van der Waals surface area (Å²) in [5.74, 6) is 2.72. The van der Waals surface area contributed by atoms with E-state index in [2.05, 4.69) is 26.7 Å². The Balaban J connectivity index is 1.37. The molecule has 7 heteroatoms. The minimum Gasteiger partial charge on any atom is -0.454 e. The maximum absolute atomic E-state index is 6.01. The molecule has 0 bridgehead atoms. The summed E-state index contributed by atoms with van der Waals surface area (Å²) in [6.45, 7) is 1.00. The zero-order valence-electron chi connectivity index (χ0n) is 13.9. The van der Waals surface area contributed by atoms with Crippen LogP contribution >= 0.6 is 11.6 Å². The number of benzene rings is 2. The second kappa shape index (κ2) is 7.49. The van der Waals surface area contributed by atoms with Crippen molar-refractivity contribution < 1.29 is 9.47 Å². The molecule has 1 aliphatic rings. The van der Waals surface area contributed by atoms with Crippen molar-refractivity contribution in [3.8, 4) is 11.5 Å². The highest BCUT2D eigenvalue weighted by molar-refractivity contribution is 6.30. The van der Waals surface area contributed by atoms with Crippen LogP contribution in [-0.4, -0.2) is 23.3 Å². The first kappa shape index (κ1) is 16.5. The van der Waals surface area contributed by atoms with Crippen molar-refractivity contribution in [1.82, 2.24) is 9.97 Å². The van der Waals surface area contributed by atoms with Crippen molar-refractivity contribution in [1.29, 1.82) is 0 Å². The molecule has 0 atom stereocenters. The van der Waals surface area contributed by atoms with Crippen LogP contribution in [0.3, 0.4) is 0 Å². The molecule has 132 valence electrons. The van der Waals surface area contributed by atoms with Gasteiger partial charge in [-0.2, -0.15) is 4.98 Å². The fourth-order valence-electron chi connectivity index (χ4n) is 2.65. The van der Waals surface area contributed by atoms with E-state index in [4.69, 9.17) is 21.1 Å². The van der Waals surface area contributed by atoms with Crippen LogP contribution in [-0.2, 0) is 6.42 Å². The average Bonchev–Trinajstić information content (AvgIpc) is 3.10. The molecule has 0 saturated carbocycles. The van der Waals surface area contributed by atoms with Crippen molar-refractivity contribution in [3.05, 3.63) is 65.3 Å². The third-order valence-electron chi connectivity index (χ3n) is 3.89. The zero-order valence-corrected chi connectivity index (χ0v) is 14.7. The summed E-state index contributed by atoms with van der Waals surface area (Å²) in [7, 11) is 0. The van der Waals surface area contributed by atoms with E-state index < -0.39 is 0 Å². The zero-order chi connectivity index (χ0) is 17.8. The van der Waals surface area contributed by atoms with E-state index in [0.717, 1.165) is 35.2 Å². The summed E-state index contributed by atoms with van der Waals surface area (Å²) in [6.07, 6.45) is 2.57. The second-order valence-electron chi connectivity index (χ2n) is 5.77. The number of nitrogens with one attached hydrogen (secondary N) is 2. The molecule has 6 nitrogen and oxygen atoms in total. The molecule has 2 aromatic carbocycles. The molecule has 1 aromatic heterocycles. The Hall–Kier alpha value is -2.99. The van der Waals surface area contributed by atoms with Crippen LogP contribution < -0.4 is 20.1 Å². The van der Waals surface area contributed by atoms with Gasteiger partial charge in [0.15, 0.2) is 11.5 Å². The fraction of sp³-hybridized carbons (Fsp3) is 0.158. The van der Waals surface area contributed by atoms with Crippen LogP contribution in [0.25, 0.3) is 0 Å². The molecular weight excluding hydrogens is 352 g/mol. The Morgan fingerprint density at radius 1 is 1.04 bits per heavy atom. The van der Waals surface area contributed by atoms with Crippen LogP contribution in [0.4, 0.5) is 17.5 Å². The van der Waals surface area contributed by atoms with Gasteiger partial charge in [0.25, 0.3) is 0 Å². The van der Waals surface area contributed by atoms with Crippen molar-refractivity contribution in [3.63, 3.8) is 0 Å². The minimum absolute atomic E-state index is 0.251. The molecular formula is C19H17ClN4O2. The van der Waals surface area contributed by atoms with E-state index in [1.807, 2.05) is 42.5 Å². The van der Waals surface area contributed by atoms with E-state index in [9.17, 15) is 0 Å². The van der Waals surface area contributed by atoms with Crippen molar-refractivity contribution in [2.75, 3.05) is 24.0 Å². The van der Waals surface area contributed by atoms with E-state index in [1.54, 1.807) is 6.20 Å². The molecule has 0 amide bonds. The summed E-state index contributed by atoms with van der Waals surface area (Å²) in [5, 5.41) is 7.23. The monoisotopic (exact) mass is 368 g/mol. The van der Waals surface area contributed by atoms with Crippen LogP contribution in [0.5, 0.6) is 11.5 Å². The van der Waals surface area contributed by atoms with Crippen LogP contribution in [0.15, 0.2) is 54.7 Å². The lowest BCUT2D eigenvalue weighted by Crippen LogP contribution is -2.07. The molecule has 0 spiro atoms. The van der Waals surface area contributed by atoms with Crippen molar-refractivity contribution in [2.24, 2.45) is 0 Å². The molecule has 0 radical (unpaired) electrons. The minimum atomic E-state index is 0.251. The number of fused-ring (bicyclic) bond motifs is 1. The number of halogens is 1. The molecule has 4 rings (SSSR count). The first-order chi connectivity index (χ1) is 12.8. The first-order valence-electron chi connectivity index (χ1n) is 8.24. The van der Waals surface area contributed by atoms with E-state index in [0.29, 0.717) is 11.7 Å². The third-order valence-corrected chi connectivity index (χ3v) is 4.13. The number of ether oxygens (including phenoxy) is 2. The highest BCUT2D eigenvalue weighted by Gasteiger charge is 2.13. The number of hydrogen-bond acceptors (Lipinski definition) is 6. The molecule has 2 heterocycles. The molecule has 0 fully saturated rings. The molecule has 0 unspecified atom stereocenters. The van der Waals surface area contributed by atoms with Crippen molar-refractivity contribution >= 4 is 29.1 Å². The topological polar surface area (TPSA) is 68.3 Å². The van der Waals surface area contributed by atoms with Gasteiger partial charge in [-0.15, -0.1) is 0 Å².